The van der Waals surface area contributed by atoms with Crippen LogP contribution in [0.3, 0.4) is 0 Å². The van der Waals surface area contributed by atoms with Crippen LogP contribution in [0.5, 0.6) is 0 Å². The van der Waals surface area contributed by atoms with Gasteiger partial charge >= 0.3 is 0 Å². The van der Waals surface area contributed by atoms with Gasteiger partial charge in [-0.2, -0.15) is 0 Å². The summed E-state index contributed by atoms with van der Waals surface area (Å²) in [4.78, 5) is 25.8. The lowest BCUT2D eigenvalue weighted by Gasteiger charge is -2.07. The van der Waals surface area contributed by atoms with Gasteiger partial charge in [0.15, 0.2) is 5.82 Å². The zero-order valence-electron chi connectivity index (χ0n) is 16.9. The summed E-state index contributed by atoms with van der Waals surface area (Å²) in [5, 5.41) is 17.4. The van der Waals surface area contributed by atoms with E-state index in [-0.39, 0.29) is 16.5 Å². The summed E-state index contributed by atoms with van der Waals surface area (Å²) in [6.07, 6.45) is 0. The van der Waals surface area contributed by atoms with Gasteiger partial charge in [-0.1, -0.05) is 23.7 Å². The normalized spacial score (nSPS) is 10.8. The van der Waals surface area contributed by atoms with E-state index in [9.17, 15) is 14.0 Å². The van der Waals surface area contributed by atoms with Gasteiger partial charge in [0.1, 0.15) is 5.82 Å². The molecule has 4 rings (SSSR count). The minimum absolute atomic E-state index is 0.00624. The van der Waals surface area contributed by atoms with Crippen LogP contribution in [0.15, 0.2) is 48.5 Å². The molecule has 0 aliphatic rings. The number of amides is 2. The van der Waals surface area contributed by atoms with Gasteiger partial charge in [-0.25, -0.2) is 9.07 Å². The molecule has 0 saturated heterocycles. The molecule has 2 aromatic carbocycles. The molecule has 0 spiro atoms. The van der Waals surface area contributed by atoms with E-state index >= 15 is 0 Å². The highest BCUT2D eigenvalue weighted by molar-refractivity contribution is 7.18. The maximum atomic E-state index is 13.2. The fourth-order valence-electron chi connectivity index (χ4n) is 3.02. The van der Waals surface area contributed by atoms with E-state index in [4.69, 9.17) is 11.6 Å². The van der Waals surface area contributed by atoms with Crippen molar-refractivity contribution in [2.45, 2.75) is 6.92 Å². The summed E-state index contributed by atoms with van der Waals surface area (Å²) in [7, 11) is 1.73. The Morgan fingerprint density at radius 2 is 1.91 bits per heavy atom. The fraction of sp³-hybridized carbons (Fsp3) is 0.0952. The van der Waals surface area contributed by atoms with Gasteiger partial charge in [0, 0.05) is 18.3 Å². The molecule has 0 radical (unpaired) electrons. The number of nitrogens with zero attached hydrogens (tertiary/aromatic N) is 4. The van der Waals surface area contributed by atoms with Crippen molar-refractivity contribution in [2.75, 3.05) is 10.6 Å². The Morgan fingerprint density at radius 3 is 2.62 bits per heavy atom. The standard InChI is InChI=1S/C21H16ClFN6O2S/c1-11-8-17(25-20(30)15-7-6-13(23)10-16(15)22)32-18(11)21(31)24-14-5-3-4-12(9-14)19-26-27-28-29(19)2/h3-10H,1-2H3,(H,24,31)(H,25,30). The first-order valence-corrected chi connectivity index (χ1v) is 10.5. The number of halogens is 2. The lowest BCUT2D eigenvalue weighted by molar-refractivity contribution is 0.102. The van der Waals surface area contributed by atoms with E-state index in [1.807, 2.05) is 6.07 Å². The van der Waals surface area contributed by atoms with Crippen molar-refractivity contribution in [1.82, 2.24) is 20.2 Å². The number of rotatable bonds is 5. The molecule has 0 atom stereocenters. The number of hydrogen-bond donors (Lipinski definition) is 2. The molecular formula is C21H16ClFN6O2S. The van der Waals surface area contributed by atoms with Crippen molar-refractivity contribution in [2.24, 2.45) is 7.05 Å². The van der Waals surface area contributed by atoms with Crippen LogP contribution >= 0.6 is 22.9 Å². The molecule has 0 bridgehead atoms. The monoisotopic (exact) mass is 470 g/mol. The van der Waals surface area contributed by atoms with Gasteiger partial charge in [-0.15, -0.1) is 16.4 Å². The summed E-state index contributed by atoms with van der Waals surface area (Å²) >= 11 is 7.08. The minimum Gasteiger partial charge on any atom is -0.321 e. The Balaban J connectivity index is 1.50. The van der Waals surface area contributed by atoms with E-state index < -0.39 is 11.7 Å². The molecular weight excluding hydrogens is 455 g/mol. The molecule has 0 fully saturated rings. The highest BCUT2D eigenvalue weighted by atomic mass is 35.5. The van der Waals surface area contributed by atoms with Gasteiger partial charge in [0.05, 0.1) is 20.5 Å². The van der Waals surface area contributed by atoms with Crippen molar-refractivity contribution < 1.29 is 14.0 Å². The Bertz CT molecular complexity index is 1340. The molecule has 11 heteroatoms. The van der Waals surface area contributed by atoms with Crippen LogP contribution in [0.25, 0.3) is 11.4 Å². The zero-order chi connectivity index (χ0) is 22.8. The van der Waals surface area contributed by atoms with Crippen LogP contribution in [0.1, 0.15) is 25.6 Å². The van der Waals surface area contributed by atoms with E-state index in [0.717, 1.165) is 29.0 Å². The second kappa shape index (κ2) is 8.85. The SMILES string of the molecule is Cc1cc(NC(=O)c2ccc(F)cc2Cl)sc1C(=O)Nc1cccc(-c2nnnn2C)c1. The number of hydrogen-bond acceptors (Lipinski definition) is 6. The first-order valence-electron chi connectivity index (χ1n) is 9.33. The van der Waals surface area contributed by atoms with Crippen LogP contribution in [0.4, 0.5) is 15.1 Å². The van der Waals surface area contributed by atoms with Gasteiger partial charge in [-0.3, -0.25) is 9.59 Å². The minimum atomic E-state index is -0.531. The zero-order valence-corrected chi connectivity index (χ0v) is 18.5. The third-order valence-corrected chi connectivity index (χ3v) is 6.00. The number of aromatic nitrogens is 4. The Morgan fingerprint density at radius 1 is 1.09 bits per heavy atom. The summed E-state index contributed by atoms with van der Waals surface area (Å²) < 4.78 is 14.8. The maximum Gasteiger partial charge on any atom is 0.266 e. The van der Waals surface area contributed by atoms with Crippen LogP contribution in [0, 0.1) is 12.7 Å². The molecule has 2 amide bonds. The average molecular weight is 471 g/mol. The second-order valence-corrected chi connectivity index (χ2v) is 8.32. The molecule has 4 aromatic rings. The van der Waals surface area contributed by atoms with Crippen molar-refractivity contribution in [3.63, 3.8) is 0 Å². The molecule has 162 valence electrons. The number of carbonyl (C=O) groups excluding carboxylic acids is 2. The number of benzene rings is 2. The van der Waals surface area contributed by atoms with Gasteiger partial charge in [-0.05, 0) is 59.3 Å². The van der Waals surface area contributed by atoms with E-state index in [1.165, 1.54) is 10.7 Å². The molecule has 0 aliphatic heterocycles. The fourth-order valence-corrected chi connectivity index (χ4v) is 4.24. The van der Waals surface area contributed by atoms with Gasteiger partial charge < -0.3 is 10.6 Å². The average Bonchev–Trinajstić information content (AvgIpc) is 3.33. The van der Waals surface area contributed by atoms with Crippen molar-refractivity contribution in [3.05, 3.63) is 75.4 Å². The molecule has 2 heterocycles. The largest absolute Gasteiger partial charge is 0.321 e. The third kappa shape index (κ3) is 4.51. The lowest BCUT2D eigenvalue weighted by Crippen LogP contribution is -2.12. The topological polar surface area (TPSA) is 102 Å². The summed E-state index contributed by atoms with van der Waals surface area (Å²) in [5.74, 6) is -0.774. The highest BCUT2D eigenvalue weighted by Gasteiger charge is 2.18. The first-order chi connectivity index (χ1) is 15.3. The molecule has 2 N–H and O–H groups in total. The van der Waals surface area contributed by atoms with Crippen molar-refractivity contribution in [1.29, 1.82) is 0 Å². The summed E-state index contributed by atoms with van der Waals surface area (Å²) in [5.41, 5.74) is 2.16. The van der Waals surface area contributed by atoms with E-state index in [1.54, 1.807) is 38.2 Å². The first kappa shape index (κ1) is 21.6. The lowest BCUT2D eigenvalue weighted by atomic mass is 10.2. The Hall–Kier alpha value is -3.63. The summed E-state index contributed by atoms with van der Waals surface area (Å²) in [6, 6.07) is 12.4. The van der Waals surface area contributed by atoms with E-state index in [0.29, 0.717) is 27.0 Å². The Labute approximate surface area is 191 Å². The predicted molar refractivity (Wildman–Crippen MR) is 121 cm³/mol. The smallest absolute Gasteiger partial charge is 0.266 e. The summed E-state index contributed by atoms with van der Waals surface area (Å²) in [6.45, 7) is 1.77. The number of aryl methyl sites for hydroxylation is 2. The number of thiophene rings is 1. The maximum absolute atomic E-state index is 13.2. The van der Waals surface area contributed by atoms with Crippen molar-refractivity contribution >= 4 is 45.4 Å². The predicted octanol–water partition coefficient (Wildman–Crippen LogP) is 4.54. The van der Waals surface area contributed by atoms with Crippen LogP contribution in [-0.4, -0.2) is 32.0 Å². The molecule has 32 heavy (non-hydrogen) atoms. The van der Waals surface area contributed by atoms with Crippen LogP contribution in [-0.2, 0) is 7.05 Å². The van der Waals surface area contributed by atoms with Crippen molar-refractivity contribution in [3.8, 4) is 11.4 Å². The van der Waals surface area contributed by atoms with E-state index in [2.05, 4.69) is 26.2 Å². The second-order valence-electron chi connectivity index (χ2n) is 6.86. The quantitative estimate of drug-likeness (QED) is 0.445. The van der Waals surface area contributed by atoms with Gasteiger partial charge in [0.25, 0.3) is 11.8 Å². The number of tetrazole rings is 1. The molecule has 0 unspecified atom stereocenters. The Kier molecular flexibility index (Phi) is 5.97. The highest BCUT2D eigenvalue weighted by Crippen LogP contribution is 2.29. The molecule has 0 aliphatic carbocycles. The molecule has 2 aromatic heterocycles. The number of anilines is 2. The molecule has 0 saturated carbocycles. The van der Waals surface area contributed by atoms with Crippen LogP contribution < -0.4 is 10.6 Å². The molecule has 8 nitrogen and oxygen atoms in total. The van der Waals surface area contributed by atoms with Gasteiger partial charge in [0.2, 0.25) is 0 Å². The third-order valence-electron chi connectivity index (χ3n) is 4.54. The number of nitrogens with one attached hydrogen (secondary N) is 2. The number of carbonyl (C=O) groups is 2. The van der Waals surface area contributed by atoms with Crippen LogP contribution in [0.2, 0.25) is 5.02 Å².